The fraction of sp³-hybridized carbons (Fsp3) is 0.818. The van der Waals surface area contributed by atoms with Crippen LogP contribution in [0.5, 0.6) is 0 Å². The Kier molecular flexibility index (Phi) is 9.62. The summed E-state index contributed by atoms with van der Waals surface area (Å²) >= 11 is 0. The molecule has 0 saturated carbocycles. The first kappa shape index (κ1) is 25.9. The molecular formula is C22H40NO5P. The molecule has 0 saturated heterocycles. The third-order valence-corrected chi connectivity index (χ3v) is 8.76. The number of ether oxygens (including phenoxy) is 2. The van der Waals surface area contributed by atoms with Crippen LogP contribution in [0.3, 0.4) is 0 Å². The Balaban J connectivity index is 2.63. The minimum Gasteiger partial charge on any atom is -0.464 e. The monoisotopic (exact) mass is 429 g/mol. The summed E-state index contributed by atoms with van der Waals surface area (Å²) in [6.45, 7) is 14.8. The van der Waals surface area contributed by atoms with E-state index in [1.54, 1.807) is 0 Å². The third kappa shape index (κ3) is 8.25. The van der Waals surface area contributed by atoms with Crippen molar-refractivity contribution in [1.29, 1.82) is 0 Å². The van der Waals surface area contributed by atoms with Crippen molar-refractivity contribution < 1.29 is 23.6 Å². The Morgan fingerprint density at radius 1 is 1.00 bits per heavy atom. The van der Waals surface area contributed by atoms with Crippen LogP contribution in [0.25, 0.3) is 0 Å². The van der Waals surface area contributed by atoms with Gasteiger partial charge in [0.2, 0.25) is 0 Å². The van der Waals surface area contributed by atoms with Crippen LogP contribution < -0.4 is 0 Å². The molecule has 0 spiro atoms. The summed E-state index contributed by atoms with van der Waals surface area (Å²) < 4.78 is 24.0. The van der Waals surface area contributed by atoms with Crippen LogP contribution >= 0.6 is 7.14 Å². The van der Waals surface area contributed by atoms with Gasteiger partial charge in [0.05, 0.1) is 17.1 Å². The maximum atomic E-state index is 13.1. The first-order valence-electron chi connectivity index (χ1n) is 10.6. The van der Waals surface area contributed by atoms with Crippen LogP contribution in [-0.4, -0.2) is 61.8 Å². The zero-order chi connectivity index (χ0) is 22.3. The fourth-order valence-corrected chi connectivity index (χ4v) is 5.88. The lowest BCUT2D eigenvalue weighted by molar-refractivity contribution is -0.154. The van der Waals surface area contributed by atoms with Gasteiger partial charge in [0, 0.05) is 25.4 Å². The molecule has 0 radical (unpaired) electrons. The second-order valence-corrected chi connectivity index (χ2v) is 12.5. The van der Waals surface area contributed by atoms with E-state index >= 15 is 0 Å². The summed E-state index contributed by atoms with van der Waals surface area (Å²) in [5.74, 6) is -0.442. The van der Waals surface area contributed by atoms with Crippen molar-refractivity contribution in [3.63, 3.8) is 0 Å². The van der Waals surface area contributed by atoms with Crippen molar-refractivity contribution in [3.8, 4) is 0 Å². The van der Waals surface area contributed by atoms with Gasteiger partial charge in [-0.15, -0.1) is 0 Å². The fourth-order valence-electron chi connectivity index (χ4n) is 2.85. The number of carbonyl (C=O) groups excluding carboxylic acids is 2. The lowest BCUT2D eigenvalue weighted by Gasteiger charge is -2.27. The summed E-state index contributed by atoms with van der Waals surface area (Å²) in [5, 5.41) is 0. The van der Waals surface area contributed by atoms with Gasteiger partial charge in [-0.05, 0) is 47.5 Å². The number of rotatable bonds is 12. The summed E-state index contributed by atoms with van der Waals surface area (Å²) in [5.41, 5.74) is 0.150. The van der Waals surface area contributed by atoms with Gasteiger partial charge in [-0.25, -0.2) is 0 Å². The normalized spacial score (nSPS) is 19.9. The minimum atomic E-state index is -2.33. The molecule has 0 fully saturated rings. The number of carbonyl (C=O) groups is 2. The van der Waals surface area contributed by atoms with E-state index in [0.29, 0.717) is 44.5 Å². The molecule has 0 aromatic carbocycles. The number of esters is 2. The van der Waals surface area contributed by atoms with Gasteiger partial charge in [-0.1, -0.05) is 25.5 Å². The molecule has 0 aromatic heterocycles. The molecule has 1 atom stereocenters. The maximum absolute atomic E-state index is 13.1. The van der Waals surface area contributed by atoms with E-state index in [4.69, 9.17) is 9.47 Å². The number of hydrogen-bond acceptors (Lipinski definition) is 6. The minimum absolute atomic E-state index is 0.221. The standard InChI is InChI=1S/C22H40NO5P/c1-8-21(4,5)19(24)27-13-11-23(17-29(26)15-10-18(3)16-29)12-14-28-20(25)22(6,7)9-2/h10H,8-9,11-17H2,1-7H3. The molecule has 1 aliphatic rings. The van der Waals surface area contributed by atoms with Crippen molar-refractivity contribution in [1.82, 2.24) is 4.90 Å². The van der Waals surface area contributed by atoms with Gasteiger partial charge in [-0.3, -0.25) is 14.5 Å². The van der Waals surface area contributed by atoms with Crippen LogP contribution in [0, 0.1) is 10.8 Å². The van der Waals surface area contributed by atoms with Gasteiger partial charge in [0.15, 0.2) is 0 Å². The lowest BCUT2D eigenvalue weighted by Crippen LogP contribution is -2.36. The molecule has 0 aliphatic carbocycles. The number of nitrogens with zero attached hydrogens (tertiary/aromatic N) is 1. The maximum Gasteiger partial charge on any atom is 0.311 e. The quantitative estimate of drug-likeness (QED) is 0.258. The largest absolute Gasteiger partial charge is 0.464 e. The summed E-state index contributed by atoms with van der Waals surface area (Å²) in [6.07, 6.45) is 5.16. The summed E-state index contributed by atoms with van der Waals surface area (Å²) in [4.78, 5) is 26.4. The van der Waals surface area contributed by atoms with Crippen molar-refractivity contribution in [3.05, 3.63) is 11.6 Å². The average Bonchev–Trinajstić information content (AvgIpc) is 2.99. The van der Waals surface area contributed by atoms with E-state index in [9.17, 15) is 14.2 Å². The van der Waals surface area contributed by atoms with Crippen molar-refractivity contribution in [2.75, 3.05) is 44.9 Å². The van der Waals surface area contributed by atoms with Crippen LogP contribution in [0.4, 0.5) is 0 Å². The smallest absolute Gasteiger partial charge is 0.311 e. The lowest BCUT2D eigenvalue weighted by atomic mass is 9.91. The highest BCUT2D eigenvalue weighted by molar-refractivity contribution is 7.64. The Labute approximate surface area is 176 Å². The second-order valence-electron chi connectivity index (χ2n) is 9.46. The van der Waals surface area contributed by atoms with Gasteiger partial charge in [0.25, 0.3) is 0 Å². The Morgan fingerprint density at radius 3 is 1.79 bits per heavy atom. The highest BCUT2D eigenvalue weighted by atomic mass is 31.2. The molecule has 0 aromatic rings. The highest BCUT2D eigenvalue weighted by Gasteiger charge is 2.31. The molecule has 1 unspecified atom stereocenters. The van der Waals surface area contributed by atoms with E-state index < -0.39 is 18.0 Å². The van der Waals surface area contributed by atoms with Gasteiger partial charge in [0.1, 0.15) is 20.4 Å². The number of hydrogen-bond donors (Lipinski definition) is 0. The SMILES string of the molecule is CCC(C)(C)C(=O)OCCN(CCOC(=O)C(C)(C)CC)CP1(=O)CC=C(C)C1. The topological polar surface area (TPSA) is 72.9 Å². The Hall–Kier alpha value is -1.13. The number of allylic oxidation sites excluding steroid dienone is 2. The zero-order valence-electron chi connectivity index (χ0n) is 19.4. The Morgan fingerprint density at radius 2 is 1.45 bits per heavy atom. The average molecular weight is 430 g/mol. The van der Waals surface area contributed by atoms with Crippen molar-refractivity contribution in [2.45, 2.75) is 61.3 Å². The molecule has 168 valence electrons. The first-order valence-corrected chi connectivity index (χ1v) is 12.9. The van der Waals surface area contributed by atoms with Gasteiger partial charge in [-0.2, -0.15) is 0 Å². The van der Waals surface area contributed by atoms with Crippen molar-refractivity contribution in [2.24, 2.45) is 10.8 Å². The molecule has 29 heavy (non-hydrogen) atoms. The second kappa shape index (κ2) is 10.8. The predicted octanol–water partition coefficient (Wildman–Crippen LogP) is 4.53. The molecule has 1 rings (SSSR count). The van der Waals surface area contributed by atoms with E-state index in [0.717, 1.165) is 0 Å². The molecule has 1 aliphatic heterocycles. The molecule has 7 heteroatoms. The molecule has 0 N–H and O–H groups in total. The van der Waals surface area contributed by atoms with E-state index in [1.807, 2.05) is 59.4 Å². The van der Waals surface area contributed by atoms with Crippen LogP contribution in [-0.2, 0) is 23.6 Å². The van der Waals surface area contributed by atoms with Gasteiger partial charge < -0.3 is 14.0 Å². The zero-order valence-corrected chi connectivity index (χ0v) is 20.3. The third-order valence-electron chi connectivity index (χ3n) is 5.92. The van der Waals surface area contributed by atoms with E-state index in [2.05, 4.69) is 0 Å². The van der Waals surface area contributed by atoms with Crippen LogP contribution in [0.2, 0.25) is 0 Å². The molecule has 1 heterocycles. The van der Waals surface area contributed by atoms with Gasteiger partial charge >= 0.3 is 11.9 Å². The summed E-state index contributed by atoms with van der Waals surface area (Å²) in [6, 6.07) is 0. The molecule has 0 bridgehead atoms. The van der Waals surface area contributed by atoms with E-state index in [-0.39, 0.29) is 25.2 Å². The Bertz CT molecular complexity index is 620. The van der Waals surface area contributed by atoms with E-state index in [1.165, 1.54) is 5.57 Å². The van der Waals surface area contributed by atoms with Crippen molar-refractivity contribution >= 4 is 19.1 Å². The molecule has 6 nitrogen and oxygen atoms in total. The molecule has 0 amide bonds. The molecular weight excluding hydrogens is 389 g/mol. The highest BCUT2D eigenvalue weighted by Crippen LogP contribution is 2.51. The predicted molar refractivity (Wildman–Crippen MR) is 118 cm³/mol. The summed E-state index contributed by atoms with van der Waals surface area (Å²) in [7, 11) is -2.33. The first-order chi connectivity index (χ1) is 13.3. The van der Waals surface area contributed by atoms with Crippen LogP contribution in [0.15, 0.2) is 11.6 Å². The van der Waals surface area contributed by atoms with Crippen LogP contribution in [0.1, 0.15) is 61.3 Å².